The maximum Gasteiger partial charge on any atom is 0.243 e. The summed E-state index contributed by atoms with van der Waals surface area (Å²) < 4.78 is 5.37. The summed E-state index contributed by atoms with van der Waals surface area (Å²) in [6.07, 6.45) is 0. The van der Waals surface area contributed by atoms with E-state index >= 15 is 0 Å². The SMILES string of the molecule is COc1ccc(C)cc1-c1csc(NC(=O)[C@@H](N)C(C)C)n1.Cl. The molecule has 0 radical (unpaired) electrons. The van der Waals surface area contributed by atoms with Gasteiger partial charge in [-0.1, -0.05) is 25.5 Å². The molecule has 1 heterocycles. The molecule has 0 aliphatic rings. The van der Waals surface area contributed by atoms with Gasteiger partial charge in [0.05, 0.1) is 18.8 Å². The molecular weight excluding hydrogens is 334 g/mol. The summed E-state index contributed by atoms with van der Waals surface area (Å²) >= 11 is 1.37. The Bertz CT molecular complexity index is 673. The Labute approximate surface area is 146 Å². The van der Waals surface area contributed by atoms with Gasteiger partial charge >= 0.3 is 0 Å². The summed E-state index contributed by atoms with van der Waals surface area (Å²) in [5, 5.41) is 5.21. The second kappa shape index (κ2) is 8.29. The fourth-order valence-electron chi connectivity index (χ4n) is 1.97. The van der Waals surface area contributed by atoms with Crippen molar-refractivity contribution in [1.82, 2.24) is 4.98 Å². The minimum absolute atomic E-state index is 0. The van der Waals surface area contributed by atoms with Crippen LogP contribution in [0.1, 0.15) is 19.4 Å². The van der Waals surface area contributed by atoms with Crippen molar-refractivity contribution < 1.29 is 9.53 Å². The molecule has 0 saturated heterocycles. The van der Waals surface area contributed by atoms with Gasteiger partial charge in [0.2, 0.25) is 5.91 Å². The molecule has 1 aromatic carbocycles. The first-order valence-corrected chi connectivity index (χ1v) is 7.97. The third kappa shape index (κ3) is 4.67. The highest BCUT2D eigenvalue weighted by Gasteiger charge is 2.19. The van der Waals surface area contributed by atoms with Gasteiger partial charge in [-0.3, -0.25) is 4.79 Å². The summed E-state index contributed by atoms with van der Waals surface area (Å²) in [7, 11) is 1.63. The zero-order valence-electron chi connectivity index (χ0n) is 13.6. The fraction of sp³-hybridized carbons (Fsp3) is 0.375. The van der Waals surface area contributed by atoms with Crippen LogP contribution in [0.2, 0.25) is 0 Å². The molecule has 0 saturated carbocycles. The Morgan fingerprint density at radius 1 is 1.39 bits per heavy atom. The van der Waals surface area contributed by atoms with E-state index in [2.05, 4.69) is 10.3 Å². The molecule has 126 valence electrons. The van der Waals surface area contributed by atoms with Gasteiger partial charge in [-0.25, -0.2) is 4.98 Å². The number of halogens is 1. The van der Waals surface area contributed by atoms with Crippen molar-refractivity contribution in [2.75, 3.05) is 12.4 Å². The first-order chi connectivity index (χ1) is 10.4. The third-order valence-electron chi connectivity index (χ3n) is 3.39. The number of anilines is 1. The van der Waals surface area contributed by atoms with Crippen LogP contribution in [0.4, 0.5) is 5.13 Å². The van der Waals surface area contributed by atoms with Gasteiger partial charge in [-0.2, -0.15) is 0 Å². The Morgan fingerprint density at radius 2 is 2.09 bits per heavy atom. The summed E-state index contributed by atoms with van der Waals surface area (Å²) in [5.74, 6) is 0.621. The number of carbonyl (C=O) groups is 1. The van der Waals surface area contributed by atoms with Crippen LogP contribution in [0.5, 0.6) is 5.75 Å². The normalized spacial score (nSPS) is 11.7. The maximum absolute atomic E-state index is 12.0. The predicted molar refractivity (Wildman–Crippen MR) is 97.5 cm³/mol. The molecule has 23 heavy (non-hydrogen) atoms. The predicted octanol–water partition coefficient (Wildman–Crippen LogP) is 3.47. The van der Waals surface area contributed by atoms with Gasteiger partial charge in [0, 0.05) is 10.9 Å². The number of hydrogen-bond acceptors (Lipinski definition) is 5. The van der Waals surface area contributed by atoms with E-state index in [0.29, 0.717) is 5.13 Å². The molecule has 0 aliphatic carbocycles. The van der Waals surface area contributed by atoms with E-state index in [-0.39, 0.29) is 24.2 Å². The van der Waals surface area contributed by atoms with Crippen molar-refractivity contribution in [2.24, 2.45) is 11.7 Å². The Morgan fingerprint density at radius 3 is 2.70 bits per heavy atom. The summed E-state index contributed by atoms with van der Waals surface area (Å²) in [6.45, 7) is 5.84. The number of amides is 1. The number of aromatic nitrogens is 1. The number of nitrogens with zero attached hydrogens (tertiary/aromatic N) is 1. The Hall–Kier alpha value is -1.63. The number of benzene rings is 1. The van der Waals surface area contributed by atoms with Crippen molar-refractivity contribution in [1.29, 1.82) is 0 Å². The van der Waals surface area contributed by atoms with E-state index in [1.807, 2.05) is 44.4 Å². The largest absolute Gasteiger partial charge is 0.496 e. The van der Waals surface area contributed by atoms with Crippen LogP contribution >= 0.6 is 23.7 Å². The molecule has 0 fully saturated rings. The van der Waals surface area contributed by atoms with Gasteiger partial charge in [-0.05, 0) is 25.0 Å². The molecule has 1 amide bonds. The van der Waals surface area contributed by atoms with E-state index in [4.69, 9.17) is 10.5 Å². The Balaban J connectivity index is 0.00000264. The molecule has 2 aromatic rings. The average molecular weight is 356 g/mol. The lowest BCUT2D eigenvalue weighted by Crippen LogP contribution is -2.39. The third-order valence-corrected chi connectivity index (χ3v) is 4.14. The average Bonchev–Trinajstić information content (AvgIpc) is 2.94. The maximum atomic E-state index is 12.0. The number of ether oxygens (including phenoxy) is 1. The molecule has 0 spiro atoms. The van der Waals surface area contributed by atoms with Gasteiger partial charge in [0.15, 0.2) is 5.13 Å². The van der Waals surface area contributed by atoms with Crippen molar-refractivity contribution in [3.63, 3.8) is 0 Å². The number of rotatable bonds is 5. The highest BCUT2D eigenvalue weighted by Crippen LogP contribution is 2.33. The number of carbonyl (C=O) groups excluding carboxylic acids is 1. The van der Waals surface area contributed by atoms with Crippen LogP contribution in [0, 0.1) is 12.8 Å². The first-order valence-electron chi connectivity index (χ1n) is 7.09. The minimum Gasteiger partial charge on any atom is -0.496 e. The molecule has 0 bridgehead atoms. The van der Waals surface area contributed by atoms with Crippen LogP contribution < -0.4 is 15.8 Å². The zero-order chi connectivity index (χ0) is 16.3. The molecule has 5 nitrogen and oxygen atoms in total. The summed E-state index contributed by atoms with van der Waals surface area (Å²) in [5.41, 5.74) is 8.64. The van der Waals surface area contributed by atoms with E-state index in [9.17, 15) is 4.79 Å². The second-order valence-corrected chi connectivity index (χ2v) is 6.36. The van der Waals surface area contributed by atoms with Gasteiger partial charge < -0.3 is 15.8 Å². The van der Waals surface area contributed by atoms with E-state index in [0.717, 1.165) is 22.6 Å². The molecule has 2 rings (SSSR count). The van der Waals surface area contributed by atoms with Crippen molar-refractivity contribution in [3.05, 3.63) is 29.1 Å². The minimum atomic E-state index is -0.541. The van der Waals surface area contributed by atoms with Crippen LogP contribution in [0.15, 0.2) is 23.6 Å². The fourth-order valence-corrected chi connectivity index (χ4v) is 2.68. The lowest BCUT2D eigenvalue weighted by molar-refractivity contribution is -0.118. The molecule has 7 heteroatoms. The zero-order valence-corrected chi connectivity index (χ0v) is 15.3. The summed E-state index contributed by atoms with van der Waals surface area (Å²) in [6, 6.07) is 5.37. The van der Waals surface area contributed by atoms with E-state index in [1.165, 1.54) is 11.3 Å². The molecule has 3 N–H and O–H groups in total. The number of aryl methyl sites for hydroxylation is 1. The quantitative estimate of drug-likeness (QED) is 0.860. The monoisotopic (exact) mass is 355 g/mol. The second-order valence-electron chi connectivity index (χ2n) is 5.50. The van der Waals surface area contributed by atoms with Crippen molar-refractivity contribution in [2.45, 2.75) is 26.8 Å². The highest BCUT2D eigenvalue weighted by molar-refractivity contribution is 7.14. The number of methoxy groups -OCH3 is 1. The van der Waals surface area contributed by atoms with Crippen LogP contribution in [0.3, 0.4) is 0 Å². The smallest absolute Gasteiger partial charge is 0.243 e. The molecule has 0 unspecified atom stereocenters. The summed E-state index contributed by atoms with van der Waals surface area (Å²) in [4.78, 5) is 16.4. The standard InChI is InChI=1S/C16H21N3O2S.ClH/c1-9(2)14(17)15(20)19-16-18-12(8-22-16)11-7-10(3)5-6-13(11)21-4;/h5-9,14H,17H2,1-4H3,(H,18,19,20);1H/t14-;/m0./s1. The molecule has 0 aliphatic heterocycles. The lowest BCUT2D eigenvalue weighted by Gasteiger charge is -2.13. The molecule has 1 atom stereocenters. The van der Waals surface area contributed by atoms with E-state index in [1.54, 1.807) is 7.11 Å². The van der Waals surface area contributed by atoms with Crippen LogP contribution in [-0.2, 0) is 4.79 Å². The van der Waals surface area contributed by atoms with Crippen molar-refractivity contribution in [3.8, 4) is 17.0 Å². The van der Waals surface area contributed by atoms with Crippen LogP contribution in [-0.4, -0.2) is 24.0 Å². The number of nitrogens with two attached hydrogens (primary N) is 1. The Kier molecular flexibility index (Phi) is 7.00. The van der Waals surface area contributed by atoms with E-state index < -0.39 is 6.04 Å². The number of nitrogens with one attached hydrogen (secondary N) is 1. The van der Waals surface area contributed by atoms with Crippen molar-refractivity contribution >= 4 is 34.8 Å². The molecular formula is C16H22ClN3O2S. The van der Waals surface area contributed by atoms with Gasteiger partial charge in [0.25, 0.3) is 0 Å². The van der Waals surface area contributed by atoms with Crippen LogP contribution in [0.25, 0.3) is 11.3 Å². The highest BCUT2D eigenvalue weighted by atomic mass is 35.5. The lowest BCUT2D eigenvalue weighted by atomic mass is 10.1. The topological polar surface area (TPSA) is 77.2 Å². The van der Waals surface area contributed by atoms with Gasteiger partial charge in [-0.15, -0.1) is 23.7 Å². The van der Waals surface area contributed by atoms with Gasteiger partial charge in [0.1, 0.15) is 5.75 Å². The number of hydrogen-bond donors (Lipinski definition) is 2. The molecule has 1 aromatic heterocycles. The first kappa shape index (κ1) is 19.4. The number of thiazole rings is 1.